The van der Waals surface area contributed by atoms with Crippen LogP contribution in [0.5, 0.6) is 0 Å². The molecule has 4 rings (SSSR count). The van der Waals surface area contributed by atoms with E-state index in [-0.39, 0.29) is 17.9 Å². The zero-order valence-corrected chi connectivity index (χ0v) is 16.5. The zero-order chi connectivity index (χ0) is 18.8. The van der Waals surface area contributed by atoms with E-state index in [9.17, 15) is 9.59 Å². The lowest BCUT2D eigenvalue weighted by Gasteiger charge is -2.29. The van der Waals surface area contributed by atoms with Gasteiger partial charge in [-0.05, 0) is 56.6 Å². The third-order valence-corrected chi connectivity index (χ3v) is 6.54. The Labute approximate surface area is 165 Å². The summed E-state index contributed by atoms with van der Waals surface area (Å²) < 4.78 is 0.967. The number of carbonyl (C=O) groups is 2. The van der Waals surface area contributed by atoms with Crippen molar-refractivity contribution < 1.29 is 9.59 Å². The summed E-state index contributed by atoms with van der Waals surface area (Å²) in [5.74, 6) is -0.419. The number of piperidine rings is 1. The number of hydrogen-bond acceptors (Lipinski definition) is 6. The third kappa shape index (κ3) is 4.02. The average molecular weight is 401 g/mol. The minimum atomic E-state index is -0.285. The highest BCUT2D eigenvalue weighted by molar-refractivity contribution is 7.20. The number of amides is 2. The molecule has 1 aliphatic heterocycles. The van der Waals surface area contributed by atoms with Crippen molar-refractivity contribution in [2.45, 2.75) is 18.9 Å². The lowest BCUT2D eigenvalue weighted by molar-refractivity contribution is 0.0918. The van der Waals surface area contributed by atoms with Crippen molar-refractivity contribution in [3.63, 3.8) is 0 Å². The highest BCUT2D eigenvalue weighted by Crippen LogP contribution is 2.27. The molecule has 3 heterocycles. The molecule has 0 atom stereocenters. The molecule has 0 saturated carbocycles. The SMILES string of the molecule is CN1CCC(NC(=O)c2ccsc2NC(=O)c2nc3ccccc3s2)CC1. The molecule has 1 saturated heterocycles. The molecule has 2 N–H and O–H groups in total. The van der Waals surface area contributed by atoms with Gasteiger partial charge in [-0.25, -0.2) is 4.98 Å². The first-order valence-corrected chi connectivity index (χ1v) is 10.5. The monoisotopic (exact) mass is 400 g/mol. The van der Waals surface area contributed by atoms with Crippen LogP contribution >= 0.6 is 22.7 Å². The Morgan fingerprint density at radius 3 is 2.70 bits per heavy atom. The number of nitrogens with one attached hydrogen (secondary N) is 2. The van der Waals surface area contributed by atoms with Crippen molar-refractivity contribution >= 4 is 49.7 Å². The molecule has 8 heteroatoms. The Kier molecular flexibility index (Phi) is 5.20. The number of thiazole rings is 1. The highest BCUT2D eigenvalue weighted by Gasteiger charge is 2.22. The number of fused-ring (bicyclic) bond motifs is 1. The maximum absolute atomic E-state index is 12.7. The predicted octanol–water partition coefficient (Wildman–Crippen LogP) is 3.43. The number of nitrogens with zero attached hydrogens (tertiary/aromatic N) is 2. The number of rotatable bonds is 4. The van der Waals surface area contributed by atoms with E-state index in [2.05, 4.69) is 27.6 Å². The van der Waals surface area contributed by atoms with Crippen LogP contribution in [0.3, 0.4) is 0 Å². The Bertz CT molecular complexity index is 940. The van der Waals surface area contributed by atoms with Gasteiger partial charge in [0.05, 0.1) is 15.8 Å². The van der Waals surface area contributed by atoms with Crippen molar-refractivity contribution in [3.8, 4) is 0 Å². The van der Waals surface area contributed by atoms with Crippen molar-refractivity contribution in [1.29, 1.82) is 0 Å². The number of aromatic nitrogens is 1. The predicted molar refractivity (Wildman–Crippen MR) is 110 cm³/mol. The lowest BCUT2D eigenvalue weighted by atomic mass is 10.1. The first kappa shape index (κ1) is 18.1. The summed E-state index contributed by atoms with van der Waals surface area (Å²) in [5, 5.41) is 8.72. The molecule has 6 nitrogen and oxygen atoms in total. The second-order valence-electron chi connectivity index (χ2n) is 6.66. The molecule has 2 amide bonds. The first-order chi connectivity index (χ1) is 13.1. The molecular formula is C19H20N4O2S2. The molecule has 27 heavy (non-hydrogen) atoms. The summed E-state index contributed by atoms with van der Waals surface area (Å²) in [5.41, 5.74) is 1.31. The second-order valence-corrected chi connectivity index (χ2v) is 8.60. The molecule has 0 unspecified atom stereocenters. The van der Waals surface area contributed by atoms with Gasteiger partial charge in [0.15, 0.2) is 5.01 Å². The Morgan fingerprint density at radius 2 is 1.93 bits per heavy atom. The number of carbonyl (C=O) groups excluding carboxylic acids is 2. The standard InChI is InChI=1S/C19H20N4O2S2/c1-23-9-6-12(7-10-23)20-16(24)13-8-11-26-18(13)22-17(25)19-21-14-4-2-3-5-15(14)27-19/h2-5,8,11-12H,6-7,9-10H2,1H3,(H,20,24)(H,22,25). The van der Waals surface area contributed by atoms with Crippen LogP contribution in [0.25, 0.3) is 10.2 Å². The average Bonchev–Trinajstić information content (AvgIpc) is 3.30. The van der Waals surface area contributed by atoms with E-state index < -0.39 is 0 Å². The van der Waals surface area contributed by atoms with Crippen LogP contribution in [0.2, 0.25) is 0 Å². The number of hydrogen-bond donors (Lipinski definition) is 2. The van der Waals surface area contributed by atoms with Crippen LogP contribution < -0.4 is 10.6 Å². The molecule has 1 aromatic carbocycles. The van der Waals surface area contributed by atoms with Crippen LogP contribution in [0.1, 0.15) is 33.0 Å². The van der Waals surface area contributed by atoms with Gasteiger partial charge in [-0.15, -0.1) is 22.7 Å². The molecule has 0 radical (unpaired) electrons. The summed E-state index contributed by atoms with van der Waals surface area (Å²) in [7, 11) is 2.09. The van der Waals surface area contributed by atoms with Gasteiger partial charge >= 0.3 is 0 Å². The number of thiophene rings is 1. The van der Waals surface area contributed by atoms with E-state index in [0.717, 1.165) is 36.1 Å². The quantitative estimate of drug-likeness (QED) is 0.704. The summed E-state index contributed by atoms with van der Waals surface area (Å²) >= 11 is 2.69. The van der Waals surface area contributed by atoms with Gasteiger partial charge in [-0.3, -0.25) is 9.59 Å². The minimum Gasteiger partial charge on any atom is -0.349 e. The number of anilines is 1. The molecule has 0 spiro atoms. The van der Waals surface area contributed by atoms with Gasteiger partial charge in [-0.1, -0.05) is 12.1 Å². The minimum absolute atomic E-state index is 0.134. The third-order valence-electron chi connectivity index (χ3n) is 4.68. The van der Waals surface area contributed by atoms with Crippen LogP contribution in [-0.2, 0) is 0 Å². The second kappa shape index (κ2) is 7.75. The molecule has 1 fully saturated rings. The molecule has 140 valence electrons. The fraction of sp³-hybridized carbons (Fsp3) is 0.316. The van der Waals surface area contributed by atoms with Crippen LogP contribution in [0, 0.1) is 0 Å². The van der Waals surface area contributed by atoms with Crippen molar-refractivity contribution in [1.82, 2.24) is 15.2 Å². The summed E-state index contributed by atoms with van der Waals surface area (Å²) in [6, 6.07) is 9.58. The molecule has 1 aliphatic rings. The van der Waals surface area contributed by atoms with Gasteiger partial charge in [0, 0.05) is 6.04 Å². The maximum Gasteiger partial charge on any atom is 0.285 e. The van der Waals surface area contributed by atoms with Gasteiger partial charge in [-0.2, -0.15) is 0 Å². The van der Waals surface area contributed by atoms with Gasteiger partial charge in [0.25, 0.3) is 11.8 Å². The van der Waals surface area contributed by atoms with E-state index >= 15 is 0 Å². The number of likely N-dealkylation sites (tertiary alicyclic amines) is 1. The van der Waals surface area contributed by atoms with Crippen molar-refractivity contribution in [2.24, 2.45) is 0 Å². The van der Waals surface area contributed by atoms with Gasteiger partial charge < -0.3 is 15.5 Å². The first-order valence-electron chi connectivity index (χ1n) is 8.84. The Hall–Kier alpha value is -2.29. The Morgan fingerprint density at radius 1 is 1.15 bits per heavy atom. The van der Waals surface area contributed by atoms with E-state index in [1.165, 1.54) is 22.7 Å². The van der Waals surface area contributed by atoms with E-state index in [1.807, 2.05) is 29.6 Å². The van der Waals surface area contributed by atoms with Gasteiger partial charge in [0.2, 0.25) is 0 Å². The van der Waals surface area contributed by atoms with Crippen LogP contribution in [-0.4, -0.2) is 47.9 Å². The van der Waals surface area contributed by atoms with Gasteiger partial charge in [0.1, 0.15) is 5.00 Å². The van der Waals surface area contributed by atoms with Crippen LogP contribution in [0.15, 0.2) is 35.7 Å². The normalized spacial score (nSPS) is 15.7. The van der Waals surface area contributed by atoms with Crippen molar-refractivity contribution in [2.75, 3.05) is 25.5 Å². The molecule has 2 aromatic heterocycles. The molecule has 0 aliphatic carbocycles. The topological polar surface area (TPSA) is 74.3 Å². The molecular weight excluding hydrogens is 380 g/mol. The maximum atomic E-state index is 12.7. The summed E-state index contributed by atoms with van der Waals surface area (Å²) in [4.78, 5) is 31.9. The van der Waals surface area contributed by atoms with E-state index in [1.54, 1.807) is 6.07 Å². The number of benzene rings is 1. The summed E-state index contributed by atoms with van der Waals surface area (Å²) in [6.45, 7) is 1.96. The lowest BCUT2D eigenvalue weighted by Crippen LogP contribution is -2.43. The highest BCUT2D eigenvalue weighted by atomic mass is 32.1. The number of para-hydroxylation sites is 1. The molecule has 3 aromatic rings. The van der Waals surface area contributed by atoms with E-state index in [0.29, 0.717) is 15.6 Å². The smallest absolute Gasteiger partial charge is 0.285 e. The van der Waals surface area contributed by atoms with Crippen molar-refractivity contribution in [3.05, 3.63) is 46.3 Å². The fourth-order valence-electron chi connectivity index (χ4n) is 3.13. The van der Waals surface area contributed by atoms with E-state index in [4.69, 9.17) is 0 Å². The zero-order valence-electron chi connectivity index (χ0n) is 14.9. The Balaban J connectivity index is 1.45. The van der Waals surface area contributed by atoms with Crippen LogP contribution in [0.4, 0.5) is 5.00 Å². The summed E-state index contributed by atoms with van der Waals surface area (Å²) in [6.07, 6.45) is 1.89. The fourth-order valence-corrected chi connectivity index (χ4v) is 4.77. The molecule has 0 bridgehead atoms. The largest absolute Gasteiger partial charge is 0.349 e.